The number of hydrogen-bond acceptors (Lipinski definition) is 2. The molecule has 1 N–H and O–H groups in total. The minimum atomic E-state index is -0.0115. The third-order valence-electron chi connectivity index (χ3n) is 4.26. The molecule has 1 atom stereocenters. The van der Waals surface area contributed by atoms with Gasteiger partial charge in [-0.05, 0) is 48.6 Å². The van der Waals surface area contributed by atoms with Crippen molar-refractivity contribution in [3.05, 3.63) is 65.7 Å². The van der Waals surface area contributed by atoms with Gasteiger partial charge < -0.3 is 5.32 Å². The van der Waals surface area contributed by atoms with Gasteiger partial charge in [-0.3, -0.25) is 9.59 Å². The van der Waals surface area contributed by atoms with E-state index in [-0.39, 0.29) is 23.5 Å². The quantitative estimate of drug-likeness (QED) is 0.803. The molecule has 118 valence electrons. The van der Waals surface area contributed by atoms with Crippen molar-refractivity contribution in [1.29, 1.82) is 0 Å². The normalized spacial score (nSPS) is 15.0. The van der Waals surface area contributed by atoms with Crippen molar-refractivity contribution >= 4 is 17.4 Å². The molecule has 1 saturated carbocycles. The van der Waals surface area contributed by atoms with E-state index in [1.165, 1.54) is 0 Å². The first kappa shape index (κ1) is 15.5. The Morgan fingerprint density at radius 3 is 2.30 bits per heavy atom. The largest absolute Gasteiger partial charge is 0.326 e. The Labute approximate surface area is 136 Å². The van der Waals surface area contributed by atoms with Gasteiger partial charge in [-0.2, -0.15) is 0 Å². The Hall–Kier alpha value is -2.42. The van der Waals surface area contributed by atoms with Crippen molar-refractivity contribution in [2.24, 2.45) is 5.92 Å². The second-order valence-corrected chi connectivity index (χ2v) is 6.28. The molecule has 1 aliphatic carbocycles. The van der Waals surface area contributed by atoms with Gasteiger partial charge in [0, 0.05) is 23.6 Å². The van der Waals surface area contributed by atoms with Crippen molar-refractivity contribution in [3.8, 4) is 0 Å². The molecule has 0 bridgehead atoms. The molecule has 0 aliphatic heterocycles. The molecule has 1 aliphatic rings. The standard InChI is InChI=1S/C20H21NO2/c1-14(15-5-3-2-4-6-15)13-19(22)21-18-11-9-17(10-12-18)20(23)16-7-8-16/h2-6,9-12,14,16H,7-8,13H2,1H3,(H,21,22). The fourth-order valence-corrected chi connectivity index (χ4v) is 2.69. The molecule has 3 heteroatoms. The molecular formula is C20H21NO2. The predicted molar refractivity (Wildman–Crippen MR) is 91.6 cm³/mol. The van der Waals surface area contributed by atoms with Crippen LogP contribution in [0.1, 0.15) is 48.0 Å². The molecule has 0 heterocycles. The molecule has 1 unspecified atom stereocenters. The topological polar surface area (TPSA) is 46.2 Å². The molecule has 0 aromatic heterocycles. The molecule has 3 rings (SSSR count). The van der Waals surface area contributed by atoms with Gasteiger partial charge in [-0.25, -0.2) is 0 Å². The van der Waals surface area contributed by atoms with Crippen LogP contribution >= 0.6 is 0 Å². The van der Waals surface area contributed by atoms with E-state index in [1.54, 1.807) is 24.3 Å². The summed E-state index contributed by atoms with van der Waals surface area (Å²) in [6.45, 7) is 2.05. The minimum absolute atomic E-state index is 0.0115. The van der Waals surface area contributed by atoms with E-state index in [4.69, 9.17) is 0 Å². The fraction of sp³-hybridized carbons (Fsp3) is 0.300. The summed E-state index contributed by atoms with van der Waals surface area (Å²) in [4.78, 5) is 24.1. The number of Topliss-reactive ketones (excluding diaryl/α,β-unsaturated/α-hetero) is 1. The molecule has 3 nitrogen and oxygen atoms in total. The highest BCUT2D eigenvalue weighted by Gasteiger charge is 2.30. The summed E-state index contributed by atoms with van der Waals surface area (Å²) >= 11 is 0. The maximum Gasteiger partial charge on any atom is 0.224 e. The third kappa shape index (κ3) is 4.07. The minimum Gasteiger partial charge on any atom is -0.326 e. The van der Waals surface area contributed by atoms with Gasteiger partial charge in [0.25, 0.3) is 0 Å². The van der Waals surface area contributed by atoms with Gasteiger partial charge in [0.1, 0.15) is 0 Å². The van der Waals surface area contributed by atoms with Crippen LogP contribution in [0, 0.1) is 5.92 Å². The zero-order valence-corrected chi connectivity index (χ0v) is 13.3. The molecule has 2 aromatic carbocycles. The molecule has 0 saturated heterocycles. The number of anilines is 1. The van der Waals surface area contributed by atoms with E-state index in [0.29, 0.717) is 6.42 Å². The first-order valence-corrected chi connectivity index (χ1v) is 8.12. The highest BCUT2D eigenvalue weighted by atomic mass is 16.1. The average molecular weight is 307 g/mol. The van der Waals surface area contributed by atoms with E-state index in [2.05, 4.69) is 5.32 Å². The number of ketones is 1. The fourth-order valence-electron chi connectivity index (χ4n) is 2.69. The van der Waals surface area contributed by atoms with Crippen molar-refractivity contribution in [2.75, 3.05) is 5.32 Å². The summed E-state index contributed by atoms with van der Waals surface area (Å²) < 4.78 is 0. The molecule has 2 aromatic rings. The summed E-state index contributed by atoms with van der Waals surface area (Å²) in [6.07, 6.45) is 2.45. The maximum absolute atomic E-state index is 12.2. The smallest absolute Gasteiger partial charge is 0.224 e. The highest BCUT2D eigenvalue weighted by Crippen LogP contribution is 2.32. The van der Waals surface area contributed by atoms with Crippen LogP contribution in [0.5, 0.6) is 0 Å². The summed E-state index contributed by atoms with van der Waals surface area (Å²) in [5.41, 5.74) is 2.64. The SMILES string of the molecule is CC(CC(=O)Nc1ccc(C(=O)C2CC2)cc1)c1ccccc1. The number of nitrogens with one attached hydrogen (secondary N) is 1. The van der Waals surface area contributed by atoms with Crippen molar-refractivity contribution in [3.63, 3.8) is 0 Å². The van der Waals surface area contributed by atoms with Crippen LogP contribution < -0.4 is 5.32 Å². The zero-order chi connectivity index (χ0) is 16.2. The predicted octanol–water partition coefficient (Wildman–Crippen LogP) is 4.41. The maximum atomic E-state index is 12.2. The number of rotatable bonds is 6. The molecule has 23 heavy (non-hydrogen) atoms. The van der Waals surface area contributed by atoms with Crippen molar-refractivity contribution < 1.29 is 9.59 Å². The molecule has 1 amide bonds. The number of carbonyl (C=O) groups excluding carboxylic acids is 2. The van der Waals surface area contributed by atoms with Crippen molar-refractivity contribution in [1.82, 2.24) is 0 Å². The first-order chi connectivity index (χ1) is 11.1. The molecule has 1 fully saturated rings. The second-order valence-electron chi connectivity index (χ2n) is 6.28. The summed E-state index contributed by atoms with van der Waals surface area (Å²) in [7, 11) is 0. The average Bonchev–Trinajstić information content (AvgIpc) is 3.40. The highest BCUT2D eigenvalue weighted by molar-refractivity contribution is 6.00. The lowest BCUT2D eigenvalue weighted by Gasteiger charge is -2.12. The van der Waals surface area contributed by atoms with Crippen LogP contribution in [-0.2, 0) is 4.79 Å². The van der Waals surface area contributed by atoms with Gasteiger partial charge in [0.05, 0.1) is 0 Å². The van der Waals surface area contributed by atoms with E-state index in [9.17, 15) is 9.59 Å². The summed E-state index contributed by atoms with van der Waals surface area (Å²) in [5.74, 6) is 0.609. The Morgan fingerprint density at radius 2 is 1.70 bits per heavy atom. The first-order valence-electron chi connectivity index (χ1n) is 8.12. The van der Waals surface area contributed by atoms with Crippen LogP contribution in [0.3, 0.4) is 0 Å². The van der Waals surface area contributed by atoms with Gasteiger partial charge in [0.2, 0.25) is 5.91 Å². The van der Waals surface area contributed by atoms with Gasteiger partial charge in [-0.1, -0.05) is 37.3 Å². The number of carbonyl (C=O) groups is 2. The lowest BCUT2D eigenvalue weighted by molar-refractivity contribution is -0.116. The van der Waals surface area contributed by atoms with Crippen LogP contribution in [0.2, 0.25) is 0 Å². The van der Waals surface area contributed by atoms with E-state index in [1.807, 2.05) is 37.3 Å². The van der Waals surface area contributed by atoms with E-state index < -0.39 is 0 Å². The van der Waals surface area contributed by atoms with Crippen LogP contribution in [0.15, 0.2) is 54.6 Å². The van der Waals surface area contributed by atoms with E-state index in [0.717, 1.165) is 29.7 Å². The Kier molecular flexibility index (Phi) is 4.56. The summed E-state index contributed by atoms with van der Waals surface area (Å²) in [5, 5.41) is 2.90. The zero-order valence-electron chi connectivity index (χ0n) is 13.3. The second kappa shape index (κ2) is 6.78. The summed E-state index contributed by atoms with van der Waals surface area (Å²) in [6, 6.07) is 17.2. The van der Waals surface area contributed by atoms with Crippen molar-refractivity contribution in [2.45, 2.75) is 32.1 Å². The number of benzene rings is 2. The van der Waals surface area contributed by atoms with Crippen LogP contribution in [0.4, 0.5) is 5.69 Å². The molecular weight excluding hydrogens is 286 g/mol. The lowest BCUT2D eigenvalue weighted by atomic mass is 9.97. The monoisotopic (exact) mass is 307 g/mol. The number of hydrogen-bond donors (Lipinski definition) is 1. The Bertz CT molecular complexity index is 687. The number of amides is 1. The molecule has 0 spiro atoms. The Balaban J connectivity index is 1.56. The third-order valence-corrected chi connectivity index (χ3v) is 4.26. The van der Waals surface area contributed by atoms with Gasteiger partial charge in [0.15, 0.2) is 5.78 Å². The van der Waals surface area contributed by atoms with E-state index >= 15 is 0 Å². The molecule has 0 radical (unpaired) electrons. The Morgan fingerprint density at radius 1 is 1.04 bits per heavy atom. The van der Waals surface area contributed by atoms with Gasteiger partial charge in [-0.15, -0.1) is 0 Å². The van der Waals surface area contributed by atoms with Crippen LogP contribution in [-0.4, -0.2) is 11.7 Å². The van der Waals surface area contributed by atoms with Crippen LogP contribution in [0.25, 0.3) is 0 Å². The lowest BCUT2D eigenvalue weighted by Crippen LogP contribution is -2.14. The van der Waals surface area contributed by atoms with Gasteiger partial charge >= 0.3 is 0 Å².